The fourth-order valence-corrected chi connectivity index (χ4v) is 3.20. The molecule has 2 atom stereocenters. The minimum atomic E-state index is -0.737. The second-order valence-corrected chi connectivity index (χ2v) is 7.84. The van der Waals surface area contributed by atoms with Crippen LogP contribution in [0.4, 0.5) is 10.8 Å². The van der Waals surface area contributed by atoms with Crippen molar-refractivity contribution in [2.24, 2.45) is 5.92 Å². The van der Waals surface area contributed by atoms with Crippen molar-refractivity contribution in [3.8, 4) is 0 Å². The van der Waals surface area contributed by atoms with Crippen LogP contribution in [0.25, 0.3) is 0 Å². The summed E-state index contributed by atoms with van der Waals surface area (Å²) in [6.45, 7) is 4.11. The SMILES string of the molecule is COC(=O)[C@H](CC(C)C)Nc1nnc([C@@H](NC(=O)OCc2ccccc2)c2ccccc2)o1. The Morgan fingerprint density at radius 1 is 1.00 bits per heavy atom. The molecule has 2 N–H and O–H groups in total. The van der Waals surface area contributed by atoms with Gasteiger partial charge in [0.05, 0.1) is 7.11 Å². The molecule has 174 valence electrons. The zero-order chi connectivity index (χ0) is 23.6. The number of carbonyl (C=O) groups is 2. The molecule has 1 amide bonds. The Hall–Kier alpha value is -3.88. The number of nitrogens with zero attached hydrogens (tertiary/aromatic N) is 2. The normalized spacial score (nSPS) is 12.6. The van der Waals surface area contributed by atoms with Gasteiger partial charge in [-0.15, -0.1) is 5.10 Å². The van der Waals surface area contributed by atoms with Gasteiger partial charge in [0.25, 0.3) is 0 Å². The minimum Gasteiger partial charge on any atom is -0.467 e. The Balaban J connectivity index is 1.74. The first-order valence-corrected chi connectivity index (χ1v) is 10.7. The highest BCUT2D eigenvalue weighted by molar-refractivity contribution is 5.78. The summed E-state index contributed by atoms with van der Waals surface area (Å²) in [5, 5.41) is 13.8. The number of benzene rings is 2. The van der Waals surface area contributed by atoms with Gasteiger partial charge in [0.2, 0.25) is 5.89 Å². The van der Waals surface area contributed by atoms with Crippen molar-refractivity contribution in [3.63, 3.8) is 0 Å². The zero-order valence-corrected chi connectivity index (χ0v) is 18.9. The molecular formula is C24H28N4O5. The van der Waals surface area contributed by atoms with Gasteiger partial charge in [-0.3, -0.25) is 0 Å². The molecule has 3 rings (SSSR count). The molecule has 0 spiro atoms. The third kappa shape index (κ3) is 7.06. The van der Waals surface area contributed by atoms with E-state index < -0.39 is 24.1 Å². The van der Waals surface area contributed by atoms with Crippen molar-refractivity contribution in [2.45, 2.75) is 39.0 Å². The molecule has 0 aliphatic carbocycles. The van der Waals surface area contributed by atoms with Crippen molar-refractivity contribution >= 4 is 18.1 Å². The summed E-state index contributed by atoms with van der Waals surface area (Å²) in [6, 6.07) is 17.3. The number of nitrogens with one attached hydrogen (secondary N) is 2. The summed E-state index contributed by atoms with van der Waals surface area (Å²) in [6.07, 6.45) is -0.107. The van der Waals surface area contributed by atoms with E-state index in [1.807, 2.05) is 74.5 Å². The smallest absolute Gasteiger partial charge is 0.408 e. The first-order valence-electron chi connectivity index (χ1n) is 10.7. The monoisotopic (exact) mass is 452 g/mol. The lowest BCUT2D eigenvalue weighted by molar-refractivity contribution is -0.141. The average molecular weight is 453 g/mol. The van der Waals surface area contributed by atoms with Crippen molar-refractivity contribution in [3.05, 3.63) is 77.7 Å². The van der Waals surface area contributed by atoms with Crippen LogP contribution in [0.2, 0.25) is 0 Å². The van der Waals surface area contributed by atoms with Gasteiger partial charge in [-0.2, -0.15) is 0 Å². The molecule has 0 saturated heterocycles. The maximum Gasteiger partial charge on any atom is 0.408 e. The summed E-state index contributed by atoms with van der Waals surface area (Å²) in [5.41, 5.74) is 1.60. The van der Waals surface area contributed by atoms with Crippen molar-refractivity contribution in [1.29, 1.82) is 0 Å². The second kappa shape index (κ2) is 11.7. The van der Waals surface area contributed by atoms with Gasteiger partial charge in [0.15, 0.2) is 0 Å². The predicted octanol–water partition coefficient (Wildman–Crippen LogP) is 4.09. The number of esters is 1. The third-order valence-electron chi connectivity index (χ3n) is 4.79. The van der Waals surface area contributed by atoms with Crippen LogP contribution < -0.4 is 10.6 Å². The number of amides is 1. The van der Waals surface area contributed by atoms with E-state index in [0.29, 0.717) is 6.42 Å². The lowest BCUT2D eigenvalue weighted by atomic mass is 10.0. The lowest BCUT2D eigenvalue weighted by Gasteiger charge is -2.17. The number of hydrogen-bond acceptors (Lipinski definition) is 8. The van der Waals surface area contributed by atoms with Crippen molar-refractivity contribution in [2.75, 3.05) is 12.4 Å². The van der Waals surface area contributed by atoms with Crippen LogP contribution in [0, 0.1) is 5.92 Å². The highest BCUT2D eigenvalue weighted by Gasteiger charge is 2.26. The fraction of sp³-hybridized carbons (Fsp3) is 0.333. The molecular weight excluding hydrogens is 424 g/mol. The summed E-state index contributed by atoms with van der Waals surface area (Å²) in [4.78, 5) is 24.6. The van der Waals surface area contributed by atoms with E-state index in [-0.39, 0.29) is 24.4 Å². The Labute approximate surface area is 192 Å². The molecule has 0 unspecified atom stereocenters. The van der Waals surface area contributed by atoms with Gasteiger partial charge in [-0.05, 0) is 23.5 Å². The van der Waals surface area contributed by atoms with E-state index in [2.05, 4.69) is 20.8 Å². The Bertz CT molecular complexity index is 1020. The number of rotatable bonds is 10. The molecule has 1 aromatic heterocycles. The molecule has 0 saturated carbocycles. The number of hydrogen-bond donors (Lipinski definition) is 2. The van der Waals surface area contributed by atoms with Gasteiger partial charge in [-0.1, -0.05) is 79.6 Å². The number of carbonyl (C=O) groups excluding carboxylic acids is 2. The minimum absolute atomic E-state index is 0.0569. The topological polar surface area (TPSA) is 116 Å². The standard InChI is InChI=1S/C24H28N4O5/c1-16(2)14-19(22(29)31-3)25-23-28-27-21(33-23)20(18-12-8-5-9-13-18)26-24(30)32-15-17-10-6-4-7-11-17/h4-13,16,19-20H,14-15H2,1-3H3,(H,25,28)(H,26,30)/t19-,20-/m0/s1. The largest absolute Gasteiger partial charge is 0.467 e. The van der Waals surface area contributed by atoms with Crippen LogP contribution in [0.3, 0.4) is 0 Å². The molecule has 0 bridgehead atoms. The number of anilines is 1. The van der Waals surface area contributed by atoms with Gasteiger partial charge >= 0.3 is 18.1 Å². The number of aromatic nitrogens is 2. The number of methoxy groups -OCH3 is 1. The molecule has 33 heavy (non-hydrogen) atoms. The molecule has 0 aliphatic rings. The van der Waals surface area contributed by atoms with Crippen LogP contribution in [0.15, 0.2) is 65.1 Å². The van der Waals surface area contributed by atoms with E-state index in [4.69, 9.17) is 13.9 Å². The molecule has 3 aromatic rings. The Kier molecular flexibility index (Phi) is 8.40. The lowest BCUT2D eigenvalue weighted by Crippen LogP contribution is -2.32. The van der Waals surface area contributed by atoms with E-state index >= 15 is 0 Å². The molecule has 0 radical (unpaired) electrons. The number of alkyl carbamates (subject to hydrolysis) is 1. The van der Waals surface area contributed by atoms with Crippen LogP contribution in [0.5, 0.6) is 0 Å². The Morgan fingerprint density at radius 3 is 2.30 bits per heavy atom. The maximum atomic E-state index is 12.5. The van der Waals surface area contributed by atoms with Crippen molar-refractivity contribution < 1.29 is 23.5 Å². The molecule has 0 aliphatic heterocycles. The van der Waals surface area contributed by atoms with Gasteiger partial charge in [-0.25, -0.2) is 9.59 Å². The first-order chi connectivity index (χ1) is 16.0. The average Bonchev–Trinajstić information content (AvgIpc) is 3.29. The predicted molar refractivity (Wildman–Crippen MR) is 121 cm³/mol. The highest BCUT2D eigenvalue weighted by Crippen LogP contribution is 2.23. The zero-order valence-electron chi connectivity index (χ0n) is 18.9. The third-order valence-corrected chi connectivity index (χ3v) is 4.79. The molecule has 9 heteroatoms. The quantitative estimate of drug-likeness (QED) is 0.442. The Morgan fingerprint density at radius 2 is 1.67 bits per heavy atom. The van der Waals surface area contributed by atoms with E-state index in [9.17, 15) is 9.59 Å². The second-order valence-electron chi connectivity index (χ2n) is 7.84. The van der Waals surface area contributed by atoms with Crippen LogP contribution in [-0.4, -0.2) is 35.4 Å². The molecule has 1 heterocycles. The summed E-state index contributed by atoms with van der Waals surface area (Å²) < 4.78 is 16.0. The molecule has 2 aromatic carbocycles. The molecule has 0 fully saturated rings. The molecule has 9 nitrogen and oxygen atoms in total. The van der Waals surface area contributed by atoms with Gasteiger partial charge < -0.3 is 24.5 Å². The fourth-order valence-electron chi connectivity index (χ4n) is 3.20. The van der Waals surface area contributed by atoms with Crippen LogP contribution >= 0.6 is 0 Å². The maximum absolute atomic E-state index is 12.5. The van der Waals surface area contributed by atoms with E-state index in [1.54, 1.807) is 0 Å². The van der Waals surface area contributed by atoms with E-state index in [0.717, 1.165) is 11.1 Å². The van der Waals surface area contributed by atoms with E-state index in [1.165, 1.54) is 7.11 Å². The van der Waals surface area contributed by atoms with Gasteiger partial charge in [0.1, 0.15) is 18.7 Å². The highest BCUT2D eigenvalue weighted by atomic mass is 16.5. The summed E-state index contributed by atoms with van der Waals surface area (Å²) in [7, 11) is 1.33. The van der Waals surface area contributed by atoms with Crippen molar-refractivity contribution in [1.82, 2.24) is 15.5 Å². The van der Waals surface area contributed by atoms with Gasteiger partial charge in [0, 0.05) is 0 Å². The summed E-state index contributed by atoms with van der Waals surface area (Å²) >= 11 is 0. The van der Waals surface area contributed by atoms with Crippen LogP contribution in [0.1, 0.15) is 43.3 Å². The number of ether oxygens (including phenoxy) is 2. The summed E-state index contributed by atoms with van der Waals surface area (Å²) in [5.74, 6) is -0.0405. The first kappa shape index (κ1) is 23.8. The van der Waals surface area contributed by atoms with Crippen LogP contribution in [-0.2, 0) is 20.9 Å².